The molecule has 1 amide bonds. The summed E-state index contributed by atoms with van der Waals surface area (Å²) in [6, 6.07) is 3.49. The van der Waals surface area contributed by atoms with Crippen LogP contribution in [0.2, 0.25) is 0 Å². The molecule has 0 fully saturated rings. The molecule has 0 saturated carbocycles. The molecular weight excluding hydrogens is 320 g/mol. The van der Waals surface area contributed by atoms with Gasteiger partial charge in [0.05, 0.1) is 22.8 Å². The third kappa shape index (κ3) is 3.37. The van der Waals surface area contributed by atoms with Crippen molar-refractivity contribution in [1.29, 1.82) is 0 Å². The first kappa shape index (κ1) is 13.7. The number of aromatic nitrogens is 2. The second-order valence-electron chi connectivity index (χ2n) is 3.78. The Morgan fingerprint density at radius 3 is 2.89 bits per heavy atom. The van der Waals surface area contributed by atoms with Crippen LogP contribution >= 0.6 is 15.9 Å². The number of nitrogens with one attached hydrogen (secondary N) is 1. The van der Waals surface area contributed by atoms with Gasteiger partial charge in [0.15, 0.2) is 11.6 Å². The number of nitrogens with zero attached hydrogens (tertiary/aromatic N) is 2. The summed E-state index contributed by atoms with van der Waals surface area (Å²) in [6.45, 7) is 0.706. The lowest BCUT2D eigenvalue weighted by Gasteiger charge is -2.06. The largest absolute Gasteiger partial charge is 0.350 e. The molecule has 0 aliphatic heterocycles. The fraction of sp³-hybridized carbons (Fsp3) is 0.167. The van der Waals surface area contributed by atoms with E-state index in [1.54, 1.807) is 17.1 Å². The molecule has 1 N–H and O–H groups in total. The van der Waals surface area contributed by atoms with Crippen molar-refractivity contribution in [3.8, 4) is 0 Å². The number of carbonyl (C=O) groups is 1. The molecule has 0 saturated heterocycles. The average molecular weight is 330 g/mol. The molecule has 4 nitrogen and oxygen atoms in total. The van der Waals surface area contributed by atoms with Crippen molar-refractivity contribution < 1.29 is 13.6 Å². The van der Waals surface area contributed by atoms with E-state index in [0.717, 1.165) is 10.5 Å². The summed E-state index contributed by atoms with van der Waals surface area (Å²) < 4.78 is 28.7. The van der Waals surface area contributed by atoms with Gasteiger partial charge in [-0.1, -0.05) is 6.07 Å². The predicted octanol–water partition coefficient (Wildman–Crippen LogP) is 2.35. The van der Waals surface area contributed by atoms with Crippen molar-refractivity contribution >= 4 is 21.8 Å². The summed E-state index contributed by atoms with van der Waals surface area (Å²) in [5.41, 5.74) is -0.304. The number of hydrogen-bond acceptors (Lipinski definition) is 2. The highest BCUT2D eigenvalue weighted by Gasteiger charge is 2.14. The van der Waals surface area contributed by atoms with E-state index in [1.165, 1.54) is 12.1 Å². The number of carbonyl (C=O) groups excluding carboxylic acids is 1. The van der Waals surface area contributed by atoms with Crippen molar-refractivity contribution in [2.75, 3.05) is 6.54 Å². The number of halogens is 3. The third-order valence-electron chi connectivity index (χ3n) is 2.42. The monoisotopic (exact) mass is 329 g/mol. The minimum Gasteiger partial charge on any atom is -0.350 e. The molecule has 0 bridgehead atoms. The average Bonchev–Trinajstić information content (AvgIpc) is 2.78. The van der Waals surface area contributed by atoms with Crippen LogP contribution < -0.4 is 5.32 Å². The summed E-state index contributed by atoms with van der Waals surface area (Å²) in [4.78, 5) is 11.7. The van der Waals surface area contributed by atoms with Crippen LogP contribution in [0.3, 0.4) is 0 Å². The van der Waals surface area contributed by atoms with Crippen LogP contribution in [-0.2, 0) is 6.54 Å². The number of hydrogen-bond donors (Lipinski definition) is 1. The Bertz CT molecular complexity index is 600. The first-order valence-electron chi connectivity index (χ1n) is 5.48. The van der Waals surface area contributed by atoms with Gasteiger partial charge in [-0.2, -0.15) is 5.10 Å². The maximum Gasteiger partial charge on any atom is 0.254 e. The molecule has 0 aliphatic carbocycles. The molecule has 0 radical (unpaired) electrons. The van der Waals surface area contributed by atoms with Crippen molar-refractivity contribution in [2.45, 2.75) is 6.54 Å². The summed E-state index contributed by atoms with van der Waals surface area (Å²) >= 11 is 3.25. The van der Waals surface area contributed by atoms with Gasteiger partial charge in [-0.25, -0.2) is 8.78 Å². The quantitative estimate of drug-likeness (QED) is 0.936. The Morgan fingerprint density at radius 2 is 2.21 bits per heavy atom. The Labute approximate surface area is 116 Å². The Hall–Kier alpha value is -1.76. The van der Waals surface area contributed by atoms with Gasteiger partial charge in [0.1, 0.15) is 0 Å². The van der Waals surface area contributed by atoms with E-state index in [-0.39, 0.29) is 12.1 Å². The molecule has 1 heterocycles. The molecule has 2 aromatic rings. The standard InChI is InChI=1S/C12H10BrF2N3O/c13-8-6-17-18(7-8)5-4-16-12(19)9-2-1-3-10(14)11(9)15/h1-3,6-7H,4-5H2,(H,16,19). The number of benzene rings is 1. The summed E-state index contributed by atoms with van der Waals surface area (Å²) in [5, 5.41) is 6.50. The van der Waals surface area contributed by atoms with E-state index in [2.05, 4.69) is 26.3 Å². The summed E-state index contributed by atoms with van der Waals surface area (Å²) in [5.74, 6) is -2.83. The van der Waals surface area contributed by atoms with Gasteiger partial charge in [-0.15, -0.1) is 0 Å². The van der Waals surface area contributed by atoms with E-state index in [1.807, 2.05) is 0 Å². The molecular formula is C12H10BrF2N3O. The minimum absolute atomic E-state index is 0.267. The smallest absolute Gasteiger partial charge is 0.254 e. The fourth-order valence-corrected chi connectivity index (χ4v) is 1.85. The third-order valence-corrected chi connectivity index (χ3v) is 2.83. The molecule has 19 heavy (non-hydrogen) atoms. The highest BCUT2D eigenvalue weighted by Crippen LogP contribution is 2.11. The molecule has 7 heteroatoms. The first-order chi connectivity index (χ1) is 9.08. The van der Waals surface area contributed by atoms with E-state index in [9.17, 15) is 13.6 Å². The maximum absolute atomic E-state index is 13.3. The minimum atomic E-state index is -1.14. The lowest BCUT2D eigenvalue weighted by Crippen LogP contribution is -2.28. The zero-order valence-electron chi connectivity index (χ0n) is 9.74. The van der Waals surface area contributed by atoms with Crippen molar-refractivity contribution in [3.63, 3.8) is 0 Å². The van der Waals surface area contributed by atoms with Crippen molar-refractivity contribution in [3.05, 3.63) is 52.3 Å². The van der Waals surface area contributed by atoms with Crippen LogP contribution in [0.15, 0.2) is 35.1 Å². The van der Waals surface area contributed by atoms with E-state index in [4.69, 9.17) is 0 Å². The fourth-order valence-electron chi connectivity index (χ4n) is 1.52. The van der Waals surface area contributed by atoms with Crippen LogP contribution in [0.25, 0.3) is 0 Å². The topological polar surface area (TPSA) is 46.9 Å². The Balaban J connectivity index is 1.93. The highest BCUT2D eigenvalue weighted by atomic mass is 79.9. The van der Waals surface area contributed by atoms with E-state index in [0.29, 0.717) is 6.54 Å². The lowest BCUT2D eigenvalue weighted by molar-refractivity contribution is 0.0947. The Morgan fingerprint density at radius 1 is 1.42 bits per heavy atom. The van der Waals surface area contributed by atoms with Gasteiger partial charge in [0, 0.05) is 12.7 Å². The molecule has 100 valence electrons. The molecule has 0 spiro atoms. The second kappa shape index (κ2) is 5.92. The van der Waals surface area contributed by atoms with Crippen LogP contribution in [-0.4, -0.2) is 22.2 Å². The van der Waals surface area contributed by atoms with Crippen LogP contribution in [0.5, 0.6) is 0 Å². The molecule has 1 aromatic heterocycles. The first-order valence-corrected chi connectivity index (χ1v) is 6.27. The van der Waals surface area contributed by atoms with Gasteiger partial charge in [0.2, 0.25) is 0 Å². The maximum atomic E-state index is 13.3. The SMILES string of the molecule is O=C(NCCn1cc(Br)cn1)c1cccc(F)c1F. The number of rotatable bonds is 4. The zero-order chi connectivity index (χ0) is 13.8. The van der Waals surface area contributed by atoms with Crippen molar-refractivity contribution in [2.24, 2.45) is 0 Å². The highest BCUT2D eigenvalue weighted by molar-refractivity contribution is 9.10. The van der Waals surface area contributed by atoms with Gasteiger partial charge < -0.3 is 5.32 Å². The van der Waals surface area contributed by atoms with Gasteiger partial charge in [0.25, 0.3) is 5.91 Å². The van der Waals surface area contributed by atoms with Gasteiger partial charge in [-0.05, 0) is 28.1 Å². The van der Waals surface area contributed by atoms with Gasteiger partial charge >= 0.3 is 0 Å². The summed E-state index contributed by atoms with van der Waals surface area (Å²) in [7, 11) is 0. The molecule has 2 rings (SSSR count). The lowest BCUT2D eigenvalue weighted by atomic mass is 10.2. The molecule has 0 atom stereocenters. The van der Waals surface area contributed by atoms with Crippen LogP contribution in [0.1, 0.15) is 10.4 Å². The number of amides is 1. The molecule has 0 aliphatic rings. The van der Waals surface area contributed by atoms with Crippen molar-refractivity contribution in [1.82, 2.24) is 15.1 Å². The summed E-state index contributed by atoms with van der Waals surface area (Å²) in [6.07, 6.45) is 3.36. The molecule has 0 unspecified atom stereocenters. The Kier molecular flexibility index (Phi) is 4.26. The second-order valence-corrected chi connectivity index (χ2v) is 4.69. The predicted molar refractivity (Wildman–Crippen MR) is 68.6 cm³/mol. The van der Waals surface area contributed by atoms with E-state index >= 15 is 0 Å². The normalized spacial score (nSPS) is 10.5. The van der Waals surface area contributed by atoms with Crippen LogP contribution in [0, 0.1) is 11.6 Å². The zero-order valence-corrected chi connectivity index (χ0v) is 11.3. The van der Waals surface area contributed by atoms with Gasteiger partial charge in [-0.3, -0.25) is 9.48 Å². The van der Waals surface area contributed by atoms with Crippen LogP contribution in [0.4, 0.5) is 8.78 Å². The molecule has 1 aromatic carbocycles. The van der Waals surface area contributed by atoms with E-state index < -0.39 is 17.5 Å².